The molecule has 1 aromatic heterocycles. The van der Waals surface area contributed by atoms with E-state index in [4.69, 9.17) is 10.5 Å². The molecule has 0 aliphatic carbocycles. The molecule has 0 spiro atoms. The topological polar surface area (TPSA) is 79.9 Å². The molecule has 1 aromatic carbocycles. The van der Waals surface area contributed by atoms with Gasteiger partial charge in [-0.05, 0) is 69.9 Å². The lowest BCUT2D eigenvalue weighted by atomic mass is 10.0. The van der Waals surface area contributed by atoms with E-state index in [1.807, 2.05) is 6.20 Å². The van der Waals surface area contributed by atoms with E-state index in [2.05, 4.69) is 52.8 Å². The number of piperazine rings is 1. The van der Waals surface area contributed by atoms with Crippen molar-refractivity contribution in [1.82, 2.24) is 24.5 Å². The molecule has 3 heterocycles. The van der Waals surface area contributed by atoms with Crippen molar-refractivity contribution in [3.05, 3.63) is 29.5 Å². The van der Waals surface area contributed by atoms with Gasteiger partial charge >= 0.3 is 5.97 Å². The minimum absolute atomic E-state index is 0.107. The van der Waals surface area contributed by atoms with Gasteiger partial charge in [0.05, 0.1) is 11.7 Å². The van der Waals surface area contributed by atoms with Crippen LogP contribution in [0.5, 0.6) is 0 Å². The largest absolute Gasteiger partial charge is 0.442 e. The maximum Gasteiger partial charge on any atom is 0.307 e. The zero-order chi connectivity index (χ0) is 25.5. The number of aromatic nitrogens is 2. The monoisotopic (exact) mass is 498 g/mol. The average molecular weight is 499 g/mol. The molecule has 8 nitrogen and oxygen atoms in total. The molecular formula is C28H46N6O2. The van der Waals surface area contributed by atoms with E-state index >= 15 is 0 Å². The number of unbranched alkanes of at least 4 members (excludes halogenated alkanes) is 2. The Morgan fingerprint density at radius 1 is 1.14 bits per heavy atom. The number of rotatable bonds is 11. The fourth-order valence-electron chi connectivity index (χ4n) is 5.84. The first-order valence-corrected chi connectivity index (χ1v) is 13.9. The number of carbonyl (C=O) groups is 1. The molecule has 2 N–H and O–H groups in total. The number of piperidine rings is 1. The lowest BCUT2D eigenvalue weighted by molar-refractivity contribution is -0.147. The molecule has 4 rings (SSSR count). The number of carbonyl (C=O) groups excluding carboxylic acids is 1. The van der Waals surface area contributed by atoms with Crippen LogP contribution in [-0.4, -0.2) is 95.4 Å². The average Bonchev–Trinajstić information content (AvgIpc) is 3.27. The van der Waals surface area contributed by atoms with E-state index in [0.717, 1.165) is 80.9 Å². The molecule has 2 aromatic rings. The van der Waals surface area contributed by atoms with Crippen LogP contribution < -0.4 is 5.73 Å². The van der Waals surface area contributed by atoms with Gasteiger partial charge in [-0.1, -0.05) is 25.8 Å². The predicted molar refractivity (Wildman–Crippen MR) is 145 cm³/mol. The molecule has 0 radical (unpaired) electrons. The minimum atomic E-state index is -0.153. The van der Waals surface area contributed by atoms with Crippen molar-refractivity contribution in [2.24, 2.45) is 5.73 Å². The summed E-state index contributed by atoms with van der Waals surface area (Å²) in [6.07, 6.45) is 8.82. The smallest absolute Gasteiger partial charge is 0.307 e. The number of nitrogens with two attached hydrogens (primary N) is 1. The number of hydrogen-bond donors (Lipinski definition) is 1. The molecule has 0 saturated carbocycles. The van der Waals surface area contributed by atoms with Crippen LogP contribution in [0.15, 0.2) is 18.3 Å². The molecule has 0 amide bonds. The molecule has 2 aliphatic rings. The SMILES string of the molecule is CCCCCC(=O)OCn1ncc2cc(CC(N)CN3CCN(C4CCN(C)CC4)CC3)cc(C)c21. The molecule has 2 aliphatic heterocycles. The van der Waals surface area contributed by atoms with Crippen LogP contribution >= 0.6 is 0 Å². The van der Waals surface area contributed by atoms with E-state index in [1.165, 1.54) is 31.5 Å². The second-order valence-corrected chi connectivity index (χ2v) is 10.9. The summed E-state index contributed by atoms with van der Waals surface area (Å²) >= 11 is 0. The lowest BCUT2D eigenvalue weighted by Crippen LogP contribution is -2.54. The van der Waals surface area contributed by atoms with E-state index in [-0.39, 0.29) is 18.7 Å². The molecule has 0 bridgehead atoms. The van der Waals surface area contributed by atoms with Crippen LogP contribution in [-0.2, 0) is 22.7 Å². The number of likely N-dealkylation sites (tertiary alicyclic amines) is 1. The first-order chi connectivity index (χ1) is 17.4. The van der Waals surface area contributed by atoms with Crippen LogP contribution in [0.3, 0.4) is 0 Å². The number of nitrogens with zero attached hydrogens (tertiary/aromatic N) is 5. The van der Waals surface area contributed by atoms with Gasteiger partial charge in [-0.3, -0.25) is 14.6 Å². The van der Waals surface area contributed by atoms with Crippen molar-refractivity contribution < 1.29 is 9.53 Å². The quantitative estimate of drug-likeness (QED) is 0.377. The Kier molecular flexibility index (Phi) is 9.76. The molecular weight excluding hydrogens is 452 g/mol. The summed E-state index contributed by atoms with van der Waals surface area (Å²) in [5, 5.41) is 5.56. The normalized spacial score (nSPS) is 19.7. The van der Waals surface area contributed by atoms with Gasteiger partial charge in [0, 0.05) is 56.6 Å². The van der Waals surface area contributed by atoms with Crippen molar-refractivity contribution in [1.29, 1.82) is 0 Å². The standard InChI is InChI=1S/C28H46N6O2/c1-4-5-6-7-27(35)36-21-34-28-22(2)16-23(17-24(28)19-30-34)18-25(29)20-32-12-14-33(15-13-32)26-8-10-31(3)11-9-26/h16-17,19,25-26H,4-15,18,20-21,29H2,1-3H3. The summed E-state index contributed by atoms with van der Waals surface area (Å²) in [5.74, 6) is -0.153. The number of aryl methyl sites for hydroxylation is 1. The Hall–Kier alpha value is -2.00. The fraction of sp³-hybridized carbons (Fsp3) is 0.714. The third-order valence-electron chi connectivity index (χ3n) is 7.92. The van der Waals surface area contributed by atoms with Crippen LogP contribution in [0.25, 0.3) is 10.9 Å². The Bertz CT molecular complexity index is 976. The first-order valence-electron chi connectivity index (χ1n) is 13.9. The van der Waals surface area contributed by atoms with Crippen LogP contribution in [0, 0.1) is 6.92 Å². The van der Waals surface area contributed by atoms with Crippen LogP contribution in [0.2, 0.25) is 0 Å². The highest BCUT2D eigenvalue weighted by molar-refractivity contribution is 5.82. The zero-order valence-corrected chi connectivity index (χ0v) is 22.6. The lowest BCUT2D eigenvalue weighted by Gasteiger charge is -2.42. The number of esters is 1. The summed E-state index contributed by atoms with van der Waals surface area (Å²) in [7, 11) is 2.23. The van der Waals surface area contributed by atoms with Crippen molar-refractivity contribution in [2.75, 3.05) is 52.9 Å². The summed E-state index contributed by atoms with van der Waals surface area (Å²) < 4.78 is 7.24. The summed E-state index contributed by atoms with van der Waals surface area (Å²) in [5.41, 5.74) is 10.0. The van der Waals surface area contributed by atoms with Gasteiger partial charge in [0.1, 0.15) is 0 Å². The van der Waals surface area contributed by atoms with Crippen molar-refractivity contribution in [3.63, 3.8) is 0 Å². The van der Waals surface area contributed by atoms with E-state index < -0.39 is 0 Å². The Morgan fingerprint density at radius 3 is 2.61 bits per heavy atom. The number of ether oxygens (including phenoxy) is 1. The maximum absolute atomic E-state index is 12.0. The Labute approximate surface area is 216 Å². The maximum atomic E-state index is 12.0. The van der Waals surface area contributed by atoms with Gasteiger partial charge in [0.25, 0.3) is 0 Å². The predicted octanol–water partition coefficient (Wildman–Crippen LogP) is 3.01. The van der Waals surface area contributed by atoms with E-state index in [1.54, 1.807) is 4.68 Å². The Balaban J connectivity index is 1.25. The Morgan fingerprint density at radius 2 is 1.89 bits per heavy atom. The minimum Gasteiger partial charge on any atom is -0.442 e. The van der Waals surface area contributed by atoms with Crippen LogP contribution in [0.1, 0.15) is 56.6 Å². The van der Waals surface area contributed by atoms with Gasteiger partial charge in [0.2, 0.25) is 0 Å². The third-order valence-corrected chi connectivity index (χ3v) is 7.92. The molecule has 2 saturated heterocycles. The molecule has 1 atom stereocenters. The van der Waals surface area contributed by atoms with Gasteiger partial charge in [-0.15, -0.1) is 0 Å². The highest BCUT2D eigenvalue weighted by Crippen LogP contribution is 2.22. The summed E-state index contributed by atoms with van der Waals surface area (Å²) in [6.45, 7) is 12.3. The van der Waals surface area contributed by atoms with Gasteiger partial charge in [-0.2, -0.15) is 5.10 Å². The second-order valence-electron chi connectivity index (χ2n) is 10.9. The molecule has 36 heavy (non-hydrogen) atoms. The van der Waals surface area contributed by atoms with Crippen molar-refractivity contribution in [3.8, 4) is 0 Å². The van der Waals surface area contributed by atoms with E-state index in [9.17, 15) is 4.79 Å². The summed E-state index contributed by atoms with van der Waals surface area (Å²) in [6, 6.07) is 5.27. The number of benzene rings is 1. The van der Waals surface area contributed by atoms with Gasteiger partial charge in [0.15, 0.2) is 6.73 Å². The summed E-state index contributed by atoms with van der Waals surface area (Å²) in [4.78, 5) is 19.7. The molecule has 8 heteroatoms. The highest BCUT2D eigenvalue weighted by atomic mass is 16.5. The van der Waals surface area contributed by atoms with E-state index in [0.29, 0.717) is 6.42 Å². The van der Waals surface area contributed by atoms with Crippen molar-refractivity contribution in [2.45, 2.75) is 77.6 Å². The fourth-order valence-corrected chi connectivity index (χ4v) is 5.84. The molecule has 200 valence electrons. The third kappa shape index (κ3) is 7.28. The molecule has 2 fully saturated rings. The highest BCUT2D eigenvalue weighted by Gasteiger charge is 2.27. The van der Waals surface area contributed by atoms with Crippen molar-refractivity contribution >= 4 is 16.9 Å². The van der Waals surface area contributed by atoms with Crippen LogP contribution in [0.4, 0.5) is 0 Å². The number of hydrogen-bond acceptors (Lipinski definition) is 7. The first kappa shape index (κ1) is 27.0. The zero-order valence-electron chi connectivity index (χ0n) is 22.6. The molecule has 1 unspecified atom stereocenters. The van der Waals surface area contributed by atoms with Gasteiger partial charge < -0.3 is 15.4 Å². The number of fused-ring (bicyclic) bond motifs is 1. The second kappa shape index (κ2) is 13.0. The van der Waals surface area contributed by atoms with Gasteiger partial charge in [-0.25, -0.2) is 4.68 Å².